The maximum absolute atomic E-state index is 6.63. The molecule has 1 aromatic rings. The van der Waals surface area contributed by atoms with Crippen LogP contribution in [0.15, 0.2) is 24.3 Å². The van der Waals surface area contributed by atoms with Gasteiger partial charge in [-0.1, -0.05) is 38.8 Å². The second-order valence-electron chi connectivity index (χ2n) is 11.7. The monoisotopic (exact) mass is 502 g/mol. The Morgan fingerprint density at radius 3 is 2.22 bits per heavy atom. The van der Waals surface area contributed by atoms with E-state index in [9.17, 15) is 0 Å². The minimum atomic E-state index is -0.521. The van der Waals surface area contributed by atoms with Crippen molar-refractivity contribution in [3.63, 3.8) is 0 Å². The van der Waals surface area contributed by atoms with Gasteiger partial charge in [0.1, 0.15) is 30.2 Å². The van der Waals surface area contributed by atoms with E-state index in [2.05, 4.69) is 26.0 Å². The lowest BCUT2D eigenvalue weighted by Crippen LogP contribution is -2.45. The number of hydrogen-bond acceptors (Lipinski definition) is 7. The highest BCUT2D eigenvalue weighted by Crippen LogP contribution is 2.48. The van der Waals surface area contributed by atoms with Gasteiger partial charge in [-0.05, 0) is 49.3 Å². The van der Waals surface area contributed by atoms with Crippen LogP contribution >= 0.6 is 0 Å². The van der Waals surface area contributed by atoms with Crippen molar-refractivity contribution < 1.29 is 33.2 Å². The molecule has 2 spiro atoms. The molecule has 0 amide bonds. The predicted molar refractivity (Wildman–Crippen MR) is 132 cm³/mol. The fourth-order valence-electron chi connectivity index (χ4n) is 6.40. The van der Waals surface area contributed by atoms with Gasteiger partial charge < -0.3 is 33.2 Å². The van der Waals surface area contributed by atoms with Crippen LogP contribution in [0.5, 0.6) is 5.75 Å². The van der Waals surface area contributed by atoms with Crippen molar-refractivity contribution in [3.8, 4) is 5.75 Å². The van der Waals surface area contributed by atoms with Crippen LogP contribution in [0.1, 0.15) is 83.6 Å². The van der Waals surface area contributed by atoms with Crippen LogP contribution < -0.4 is 4.74 Å². The number of benzene rings is 1. The van der Waals surface area contributed by atoms with Gasteiger partial charge in [0, 0.05) is 25.7 Å². The first kappa shape index (κ1) is 25.1. The van der Waals surface area contributed by atoms with Gasteiger partial charge in [-0.15, -0.1) is 0 Å². The molecule has 5 atom stereocenters. The van der Waals surface area contributed by atoms with Gasteiger partial charge in [-0.3, -0.25) is 0 Å². The lowest BCUT2D eigenvalue weighted by atomic mass is 9.94. The molecular weight excluding hydrogens is 460 g/mol. The normalized spacial score (nSPS) is 35.0. The molecule has 5 aliphatic rings. The van der Waals surface area contributed by atoms with Crippen molar-refractivity contribution in [1.82, 2.24) is 0 Å². The average Bonchev–Trinajstić information content (AvgIpc) is 3.54. The van der Waals surface area contributed by atoms with E-state index in [1.807, 2.05) is 12.1 Å². The van der Waals surface area contributed by atoms with E-state index in [-0.39, 0.29) is 24.4 Å². The molecule has 0 bridgehead atoms. The number of hydrogen-bond donors (Lipinski definition) is 0. The zero-order valence-corrected chi connectivity index (χ0v) is 21.8. The van der Waals surface area contributed by atoms with E-state index in [0.29, 0.717) is 25.7 Å². The Kier molecular flexibility index (Phi) is 7.32. The van der Waals surface area contributed by atoms with E-state index < -0.39 is 17.9 Å². The zero-order chi connectivity index (χ0) is 24.6. The fraction of sp³-hybridized carbons (Fsp3) is 0.793. The predicted octanol–water partition coefficient (Wildman–Crippen LogP) is 5.48. The van der Waals surface area contributed by atoms with Gasteiger partial charge in [0.15, 0.2) is 17.9 Å². The standard InChI is InChI=1S/C29H42O7/c1-20(2)17-30-22-11-9-21(10-12-22)18-31-25-24(23-19-32-28(34-23)13-5-3-6-14-28)33-27-26(25)35-29(36-27)15-7-4-8-16-29/h9-12,20,23-27H,3-8,13-19H2,1-2H3/t23-,24-,25+,26-,27-/m1/s1. The van der Waals surface area contributed by atoms with Crippen molar-refractivity contribution >= 4 is 0 Å². The Morgan fingerprint density at radius 2 is 1.53 bits per heavy atom. The largest absolute Gasteiger partial charge is 0.493 e. The van der Waals surface area contributed by atoms with Gasteiger partial charge in [0.25, 0.3) is 0 Å². The molecule has 0 radical (unpaired) electrons. The Hall–Kier alpha value is -1.22. The molecule has 2 saturated carbocycles. The lowest BCUT2D eigenvalue weighted by Gasteiger charge is -2.35. The highest BCUT2D eigenvalue weighted by Gasteiger charge is 2.61. The summed E-state index contributed by atoms with van der Waals surface area (Å²) in [5.74, 6) is 0.409. The third kappa shape index (κ3) is 5.20. The third-order valence-electron chi connectivity index (χ3n) is 8.31. The molecule has 6 rings (SSSR count). The minimum absolute atomic E-state index is 0.181. The maximum atomic E-state index is 6.63. The summed E-state index contributed by atoms with van der Waals surface area (Å²) in [5, 5.41) is 0. The summed E-state index contributed by atoms with van der Waals surface area (Å²) in [7, 11) is 0. The van der Waals surface area contributed by atoms with E-state index in [0.717, 1.165) is 62.7 Å². The Labute approximate surface area is 215 Å². The van der Waals surface area contributed by atoms with E-state index in [1.165, 1.54) is 12.8 Å². The molecule has 2 aliphatic carbocycles. The van der Waals surface area contributed by atoms with Crippen molar-refractivity contribution in [2.45, 2.75) is 127 Å². The third-order valence-corrected chi connectivity index (χ3v) is 8.31. The van der Waals surface area contributed by atoms with E-state index in [1.54, 1.807) is 0 Å². The van der Waals surface area contributed by atoms with Gasteiger partial charge in [0.05, 0.1) is 19.8 Å². The van der Waals surface area contributed by atoms with Crippen molar-refractivity contribution in [3.05, 3.63) is 29.8 Å². The van der Waals surface area contributed by atoms with Crippen molar-refractivity contribution in [2.75, 3.05) is 13.2 Å². The molecule has 36 heavy (non-hydrogen) atoms. The van der Waals surface area contributed by atoms with Crippen LogP contribution in [0.3, 0.4) is 0 Å². The highest BCUT2D eigenvalue weighted by molar-refractivity contribution is 5.27. The van der Waals surface area contributed by atoms with Crippen LogP contribution in [0.25, 0.3) is 0 Å². The smallest absolute Gasteiger partial charge is 0.190 e. The molecule has 5 fully saturated rings. The number of rotatable bonds is 7. The van der Waals surface area contributed by atoms with Gasteiger partial charge in [-0.2, -0.15) is 0 Å². The molecule has 0 aromatic heterocycles. The lowest BCUT2D eigenvalue weighted by molar-refractivity contribution is -0.263. The first-order chi connectivity index (χ1) is 17.5. The van der Waals surface area contributed by atoms with Gasteiger partial charge >= 0.3 is 0 Å². The van der Waals surface area contributed by atoms with Crippen molar-refractivity contribution in [1.29, 1.82) is 0 Å². The van der Waals surface area contributed by atoms with Crippen molar-refractivity contribution in [2.24, 2.45) is 5.92 Å². The van der Waals surface area contributed by atoms with Crippen LogP contribution in [0, 0.1) is 5.92 Å². The van der Waals surface area contributed by atoms with Crippen LogP contribution in [-0.4, -0.2) is 55.5 Å². The Morgan fingerprint density at radius 1 is 0.833 bits per heavy atom. The van der Waals surface area contributed by atoms with Crippen LogP contribution in [0.2, 0.25) is 0 Å². The molecule has 3 heterocycles. The Bertz CT molecular complexity index is 859. The topological polar surface area (TPSA) is 64.6 Å². The molecule has 0 unspecified atom stereocenters. The number of ether oxygens (including phenoxy) is 7. The molecule has 3 aliphatic heterocycles. The SMILES string of the molecule is CC(C)COc1ccc(CO[C@@H]2[C@H]3OC4(CCCCC4)O[C@H]3O[C@@H]2[C@H]2COC3(CCCCC3)O2)cc1. The van der Waals surface area contributed by atoms with Gasteiger partial charge in [-0.25, -0.2) is 0 Å². The summed E-state index contributed by atoms with van der Waals surface area (Å²) >= 11 is 0. The van der Waals surface area contributed by atoms with E-state index >= 15 is 0 Å². The zero-order valence-electron chi connectivity index (χ0n) is 21.8. The maximum Gasteiger partial charge on any atom is 0.190 e. The summed E-state index contributed by atoms with van der Waals surface area (Å²) in [6, 6.07) is 8.16. The highest BCUT2D eigenvalue weighted by atomic mass is 16.9. The fourth-order valence-corrected chi connectivity index (χ4v) is 6.40. The number of fused-ring (bicyclic) bond motifs is 1. The summed E-state index contributed by atoms with van der Waals surface area (Å²) < 4.78 is 44.8. The molecule has 0 N–H and O–H groups in total. The molecule has 7 nitrogen and oxygen atoms in total. The molecule has 1 aromatic carbocycles. The van der Waals surface area contributed by atoms with Gasteiger partial charge in [0.2, 0.25) is 0 Å². The van der Waals surface area contributed by atoms with E-state index in [4.69, 9.17) is 33.2 Å². The minimum Gasteiger partial charge on any atom is -0.493 e. The second-order valence-corrected chi connectivity index (χ2v) is 11.7. The quantitative estimate of drug-likeness (QED) is 0.489. The summed E-state index contributed by atoms with van der Waals surface area (Å²) in [6.07, 6.45) is 9.37. The second kappa shape index (κ2) is 10.5. The Balaban J connectivity index is 1.14. The first-order valence-electron chi connectivity index (χ1n) is 14.2. The molecule has 200 valence electrons. The van der Waals surface area contributed by atoms with Crippen LogP contribution in [-0.2, 0) is 35.0 Å². The van der Waals surface area contributed by atoms with Crippen LogP contribution in [0.4, 0.5) is 0 Å². The summed E-state index contributed by atoms with van der Waals surface area (Å²) in [5.41, 5.74) is 1.09. The summed E-state index contributed by atoms with van der Waals surface area (Å²) in [4.78, 5) is 0. The molecule has 7 heteroatoms. The summed E-state index contributed by atoms with van der Waals surface area (Å²) in [6.45, 7) is 6.00. The average molecular weight is 503 g/mol. The molecule has 3 saturated heterocycles. The first-order valence-corrected chi connectivity index (χ1v) is 14.2. The molecular formula is C29H42O7.